The highest BCUT2D eigenvalue weighted by atomic mass is 32.2. The molecule has 4 rings (SSSR count). The Morgan fingerprint density at radius 1 is 1.06 bits per heavy atom. The predicted octanol–water partition coefficient (Wildman–Crippen LogP) is 4.96. The first-order valence-electron chi connectivity index (χ1n) is 12.1. The minimum absolute atomic E-state index is 0.0621. The topological polar surface area (TPSA) is 102 Å². The molecule has 0 radical (unpaired) electrons. The van der Waals surface area contributed by atoms with Crippen molar-refractivity contribution < 1.29 is 13.2 Å². The van der Waals surface area contributed by atoms with Crippen LogP contribution >= 0.6 is 0 Å². The van der Waals surface area contributed by atoms with Gasteiger partial charge < -0.3 is 4.74 Å². The molecule has 1 aliphatic rings. The van der Waals surface area contributed by atoms with Crippen molar-refractivity contribution in [1.82, 2.24) is 14.5 Å². The molecule has 8 nitrogen and oxygen atoms in total. The smallest absolute Gasteiger partial charge is 0.238 e. The minimum Gasteiger partial charge on any atom is -0.480 e. The zero-order valence-corrected chi connectivity index (χ0v) is 21.7. The minimum atomic E-state index is -3.14. The van der Waals surface area contributed by atoms with Gasteiger partial charge in [-0.25, -0.2) is 12.7 Å². The molecular weight excluding hydrogens is 476 g/mol. The zero-order valence-electron chi connectivity index (χ0n) is 20.9. The molecule has 190 valence electrons. The van der Waals surface area contributed by atoms with Crippen molar-refractivity contribution in [3.05, 3.63) is 93.5 Å². The van der Waals surface area contributed by atoms with Crippen LogP contribution in [0.4, 0.5) is 0 Å². The quantitative estimate of drug-likeness (QED) is 0.379. The van der Waals surface area contributed by atoms with Gasteiger partial charge >= 0.3 is 0 Å². The van der Waals surface area contributed by atoms with Crippen LogP contribution in [-0.2, 0) is 10.0 Å². The maximum Gasteiger partial charge on any atom is 0.238 e. The molecule has 2 aromatic carbocycles. The van der Waals surface area contributed by atoms with Gasteiger partial charge in [0.1, 0.15) is 6.04 Å². The Kier molecular flexibility index (Phi) is 8.11. The molecule has 2 unspecified atom stereocenters. The Labute approximate surface area is 212 Å². The van der Waals surface area contributed by atoms with Gasteiger partial charge in [-0.05, 0) is 60.4 Å². The van der Waals surface area contributed by atoms with Gasteiger partial charge in [-0.15, -0.1) is 5.10 Å². The van der Waals surface area contributed by atoms with E-state index < -0.39 is 16.1 Å². The molecule has 0 N–H and O–H groups in total. The number of benzene rings is 2. The lowest BCUT2D eigenvalue weighted by Gasteiger charge is -2.30. The SMILES string of the molecule is COc1nnccc1C(CC(c1ccc(C2CCN(S(C)(=O)=O)CC2)cc1)c1ccccc1C)N=O. The lowest BCUT2D eigenvalue weighted by Crippen LogP contribution is -2.37. The first-order valence-corrected chi connectivity index (χ1v) is 13.9. The van der Waals surface area contributed by atoms with Gasteiger partial charge in [-0.1, -0.05) is 53.7 Å². The Hall–Kier alpha value is -3.17. The molecule has 9 heteroatoms. The van der Waals surface area contributed by atoms with Crippen LogP contribution in [0, 0.1) is 11.8 Å². The average Bonchev–Trinajstić information content (AvgIpc) is 2.90. The Morgan fingerprint density at radius 3 is 2.36 bits per heavy atom. The maximum absolute atomic E-state index is 12.0. The van der Waals surface area contributed by atoms with E-state index in [0.717, 1.165) is 29.5 Å². The van der Waals surface area contributed by atoms with E-state index in [1.807, 2.05) is 12.1 Å². The summed E-state index contributed by atoms with van der Waals surface area (Å²) < 4.78 is 30.6. The molecule has 1 fully saturated rings. The van der Waals surface area contributed by atoms with Crippen molar-refractivity contribution in [3.63, 3.8) is 0 Å². The van der Waals surface area contributed by atoms with Gasteiger partial charge in [0, 0.05) is 24.6 Å². The normalized spacial score (nSPS) is 16.9. The van der Waals surface area contributed by atoms with Crippen LogP contribution in [0.1, 0.15) is 65.0 Å². The largest absolute Gasteiger partial charge is 0.480 e. The number of hydrogen-bond donors (Lipinski definition) is 0. The van der Waals surface area contributed by atoms with Gasteiger partial charge in [0.25, 0.3) is 0 Å². The molecule has 0 bridgehead atoms. The molecule has 0 aliphatic carbocycles. The summed E-state index contributed by atoms with van der Waals surface area (Å²) in [7, 11) is -1.64. The summed E-state index contributed by atoms with van der Waals surface area (Å²) in [6.07, 6.45) is 4.89. The van der Waals surface area contributed by atoms with E-state index in [4.69, 9.17) is 4.74 Å². The Balaban J connectivity index is 1.61. The Morgan fingerprint density at radius 2 is 1.75 bits per heavy atom. The fraction of sp³-hybridized carbons (Fsp3) is 0.407. The standard InChI is InChI=1S/C27H32N4O4S/c1-19-6-4-5-7-23(19)25(18-26(30-32)24-12-15-28-29-27(24)35-2)22-10-8-20(9-11-22)21-13-16-31(17-14-21)36(3,33)34/h4-12,15,21,25-26H,13-14,16-18H2,1-3H3. The second kappa shape index (κ2) is 11.3. The summed E-state index contributed by atoms with van der Waals surface area (Å²) in [6.45, 7) is 3.17. The van der Waals surface area contributed by atoms with Crippen LogP contribution in [0.25, 0.3) is 0 Å². The van der Waals surface area contributed by atoms with Gasteiger partial charge in [0.2, 0.25) is 15.9 Å². The number of rotatable bonds is 9. The molecule has 1 saturated heterocycles. The monoisotopic (exact) mass is 508 g/mol. The molecule has 0 saturated carbocycles. The number of aromatic nitrogens is 2. The highest BCUT2D eigenvalue weighted by Crippen LogP contribution is 2.39. The number of methoxy groups -OCH3 is 1. The summed E-state index contributed by atoms with van der Waals surface area (Å²) in [5.41, 5.74) is 5.21. The molecule has 36 heavy (non-hydrogen) atoms. The average molecular weight is 509 g/mol. The molecule has 1 aliphatic heterocycles. The van der Waals surface area contributed by atoms with Crippen molar-refractivity contribution in [1.29, 1.82) is 0 Å². The molecule has 1 aromatic heterocycles. The van der Waals surface area contributed by atoms with E-state index in [-0.39, 0.29) is 5.92 Å². The first kappa shape index (κ1) is 25.9. The van der Waals surface area contributed by atoms with E-state index in [2.05, 4.69) is 58.7 Å². The van der Waals surface area contributed by atoms with Crippen LogP contribution < -0.4 is 4.74 Å². The maximum atomic E-state index is 12.0. The number of ether oxygens (including phenoxy) is 1. The fourth-order valence-electron chi connectivity index (χ4n) is 5.13. The second-order valence-electron chi connectivity index (χ2n) is 9.36. The third kappa shape index (κ3) is 5.79. The van der Waals surface area contributed by atoms with E-state index in [1.54, 1.807) is 16.6 Å². The highest BCUT2D eigenvalue weighted by Gasteiger charge is 2.28. The fourth-order valence-corrected chi connectivity index (χ4v) is 6.01. The van der Waals surface area contributed by atoms with Crippen molar-refractivity contribution >= 4 is 10.0 Å². The summed E-state index contributed by atoms with van der Waals surface area (Å²) in [4.78, 5) is 12.0. The number of nitrogens with zero attached hydrogens (tertiary/aromatic N) is 4. The van der Waals surface area contributed by atoms with Gasteiger partial charge in [0.05, 0.1) is 19.6 Å². The highest BCUT2D eigenvalue weighted by molar-refractivity contribution is 7.88. The summed E-state index contributed by atoms with van der Waals surface area (Å²) in [5.74, 6) is 0.569. The Bertz CT molecular complexity index is 1290. The van der Waals surface area contributed by atoms with E-state index in [1.165, 1.54) is 18.9 Å². The van der Waals surface area contributed by atoms with Crippen LogP contribution in [0.2, 0.25) is 0 Å². The molecule has 3 aromatic rings. The van der Waals surface area contributed by atoms with Crippen molar-refractivity contribution in [2.75, 3.05) is 26.5 Å². The van der Waals surface area contributed by atoms with Crippen LogP contribution in [-0.4, -0.2) is 49.4 Å². The van der Waals surface area contributed by atoms with Crippen LogP contribution in [0.3, 0.4) is 0 Å². The molecule has 2 atom stereocenters. The molecule has 2 heterocycles. The van der Waals surface area contributed by atoms with Gasteiger partial charge in [-0.3, -0.25) is 0 Å². The summed E-state index contributed by atoms with van der Waals surface area (Å²) in [5, 5.41) is 11.3. The number of piperidine rings is 1. The van der Waals surface area contributed by atoms with E-state index in [0.29, 0.717) is 36.9 Å². The lowest BCUT2D eigenvalue weighted by molar-refractivity contribution is 0.321. The van der Waals surface area contributed by atoms with Gasteiger partial charge in [0.15, 0.2) is 0 Å². The van der Waals surface area contributed by atoms with Crippen molar-refractivity contribution in [2.45, 2.75) is 44.1 Å². The third-order valence-corrected chi connectivity index (χ3v) is 8.46. The third-order valence-electron chi connectivity index (χ3n) is 7.15. The van der Waals surface area contributed by atoms with E-state index in [9.17, 15) is 13.3 Å². The van der Waals surface area contributed by atoms with Crippen molar-refractivity contribution in [3.8, 4) is 5.88 Å². The summed E-state index contributed by atoms with van der Waals surface area (Å²) >= 11 is 0. The number of nitroso groups, excluding NO2 is 1. The zero-order chi connectivity index (χ0) is 25.7. The predicted molar refractivity (Wildman–Crippen MR) is 140 cm³/mol. The first-order chi connectivity index (χ1) is 17.3. The summed E-state index contributed by atoms with van der Waals surface area (Å²) in [6, 6.07) is 17.8. The van der Waals surface area contributed by atoms with Crippen molar-refractivity contribution in [2.24, 2.45) is 5.18 Å². The van der Waals surface area contributed by atoms with Gasteiger partial charge in [-0.2, -0.15) is 10.0 Å². The van der Waals surface area contributed by atoms with E-state index >= 15 is 0 Å². The molecule has 0 spiro atoms. The molecule has 0 amide bonds. The molecular formula is C27H32N4O4S. The van der Waals surface area contributed by atoms with Crippen LogP contribution in [0.5, 0.6) is 5.88 Å². The second-order valence-corrected chi connectivity index (χ2v) is 11.3. The number of sulfonamides is 1. The number of aryl methyl sites for hydroxylation is 1. The lowest BCUT2D eigenvalue weighted by atomic mass is 9.81. The van der Waals surface area contributed by atoms with Crippen LogP contribution in [0.15, 0.2) is 66.0 Å². The number of hydrogen-bond acceptors (Lipinski definition) is 7.